The van der Waals surface area contributed by atoms with E-state index in [0.717, 1.165) is 24.6 Å². The average Bonchev–Trinajstić information content (AvgIpc) is 3.33. The largest absolute Gasteiger partial charge is 0.473 e. The van der Waals surface area contributed by atoms with Crippen molar-refractivity contribution in [2.24, 2.45) is 23.7 Å². The highest BCUT2D eigenvalue weighted by molar-refractivity contribution is 7.91. The third-order valence-electron chi connectivity index (χ3n) is 12.4. The van der Waals surface area contributed by atoms with E-state index < -0.39 is 42.3 Å². The predicted octanol–water partition coefficient (Wildman–Crippen LogP) is 8.04. The molecule has 22 nitrogen and oxygen atoms in total. The first-order valence-corrected chi connectivity index (χ1v) is 29.1. The van der Waals surface area contributed by atoms with Crippen LogP contribution in [0.2, 0.25) is 0 Å². The normalized spacial score (nSPS) is 21.0. The Hall–Kier alpha value is -6.22. The first-order valence-electron chi connectivity index (χ1n) is 24.9. The number of halogens is 3. The Labute approximate surface area is 458 Å². The van der Waals surface area contributed by atoms with Crippen molar-refractivity contribution in [2.75, 3.05) is 75.8 Å². The zero-order chi connectivity index (χ0) is 57.4. The van der Waals surface area contributed by atoms with E-state index in [0.29, 0.717) is 87.1 Å². The van der Waals surface area contributed by atoms with Crippen LogP contribution in [0.3, 0.4) is 0 Å². The van der Waals surface area contributed by atoms with Gasteiger partial charge in [-0.3, -0.25) is 0 Å². The molecular weight excluding hydrogens is 1090 g/mol. The summed E-state index contributed by atoms with van der Waals surface area (Å²) in [6, 6.07) is 7.28. The molecule has 6 heterocycles. The molecule has 4 aliphatic heterocycles. The van der Waals surface area contributed by atoms with Gasteiger partial charge in [0.2, 0.25) is 11.8 Å². The molecule has 27 heteroatoms. The molecule has 4 fully saturated rings. The van der Waals surface area contributed by atoms with Gasteiger partial charge in [-0.2, -0.15) is 0 Å². The van der Waals surface area contributed by atoms with Crippen molar-refractivity contribution < 1.29 is 73.2 Å². The predicted molar refractivity (Wildman–Crippen MR) is 282 cm³/mol. The Balaban J connectivity index is 0.000000225. The van der Waals surface area contributed by atoms with Gasteiger partial charge < -0.3 is 53.6 Å². The number of carbonyl (C=O) groups excluding carboxylic acids is 3. The van der Waals surface area contributed by atoms with E-state index in [2.05, 4.69) is 35.3 Å². The van der Waals surface area contributed by atoms with Crippen LogP contribution >= 0.6 is 11.6 Å². The molecule has 2 N–H and O–H groups in total. The first kappa shape index (κ1) is 61.0. The number of nitrogens with one attached hydrogen (secondary N) is 2. The fourth-order valence-corrected chi connectivity index (χ4v) is 10.2. The molecule has 4 atom stereocenters. The monoisotopic (exact) mass is 1150 g/mol. The van der Waals surface area contributed by atoms with Gasteiger partial charge in [-0.15, -0.1) is 0 Å². The fourth-order valence-electron chi connectivity index (χ4n) is 8.80. The summed E-state index contributed by atoms with van der Waals surface area (Å²) in [7, 11) is -7.05. The number of likely N-dealkylation sites (tertiary alicyclic amines) is 2. The Morgan fingerprint density at radius 1 is 0.641 bits per heavy atom. The maximum absolute atomic E-state index is 14.6. The van der Waals surface area contributed by atoms with Gasteiger partial charge in [0.15, 0.2) is 19.7 Å². The number of piperidine rings is 2. The van der Waals surface area contributed by atoms with Crippen LogP contribution in [0.25, 0.3) is 0 Å². The van der Waals surface area contributed by atoms with Crippen molar-refractivity contribution in [3.63, 3.8) is 0 Å². The molecule has 8 rings (SSSR count). The van der Waals surface area contributed by atoms with Crippen molar-refractivity contribution in [2.45, 2.75) is 102 Å². The lowest BCUT2D eigenvalue weighted by molar-refractivity contribution is -0.113. The number of hydrogen-bond donors (Lipinski definition) is 2. The maximum atomic E-state index is 14.6. The molecule has 428 valence electrons. The molecule has 4 saturated heterocycles. The van der Waals surface area contributed by atoms with Gasteiger partial charge in [0.25, 0.3) is 0 Å². The number of anilines is 4. The molecule has 0 spiro atoms. The Kier molecular flexibility index (Phi) is 20.1. The Morgan fingerprint density at radius 3 is 1.32 bits per heavy atom. The summed E-state index contributed by atoms with van der Waals surface area (Å²) in [5, 5.41) is 5.79. The lowest BCUT2D eigenvalue weighted by Gasteiger charge is -2.46. The lowest BCUT2D eigenvalue weighted by Crippen LogP contribution is -2.59. The quantitative estimate of drug-likeness (QED) is 0.100. The number of ether oxygens (including phenoxy) is 7. The summed E-state index contributed by atoms with van der Waals surface area (Å²) in [6.07, 6.45) is 3.21. The van der Waals surface area contributed by atoms with Crippen LogP contribution < -0.4 is 20.1 Å². The smallest absolute Gasteiger partial charge is 0.410 e. The molecule has 2 amide bonds. The molecule has 0 radical (unpaired) electrons. The lowest BCUT2D eigenvalue weighted by atomic mass is 9.84. The van der Waals surface area contributed by atoms with Crippen molar-refractivity contribution in [1.29, 1.82) is 0 Å². The number of benzene rings is 2. The van der Waals surface area contributed by atoms with Crippen molar-refractivity contribution in [3.05, 3.63) is 71.8 Å². The van der Waals surface area contributed by atoms with Crippen LogP contribution in [0.15, 0.2) is 58.8 Å². The topological polar surface area (TPSA) is 266 Å². The Bertz CT molecular complexity index is 3000. The number of rotatable bonds is 12. The molecule has 4 bridgehead atoms. The third-order valence-corrected chi connectivity index (χ3v) is 14.7. The van der Waals surface area contributed by atoms with Crippen molar-refractivity contribution >= 4 is 71.9 Å². The molecule has 78 heavy (non-hydrogen) atoms. The molecule has 4 unspecified atom stereocenters. The van der Waals surface area contributed by atoms with Crippen LogP contribution in [-0.4, -0.2) is 159 Å². The van der Waals surface area contributed by atoms with E-state index in [4.69, 9.17) is 40.0 Å². The van der Waals surface area contributed by atoms with Gasteiger partial charge >= 0.3 is 17.6 Å². The number of amides is 2. The minimum Gasteiger partial charge on any atom is -0.473 e. The van der Waals surface area contributed by atoms with Crippen LogP contribution in [0, 0.1) is 49.2 Å². The van der Waals surface area contributed by atoms with Crippen LogP contribution in [-0.2, 0) is 43.4 Å². The summed E-state index contributed by atoms with van der Waals surface area (Å²) < 4.78 is 115. The summed E-state index contributed by atoms with van der Waals surface area (Å²) in [6.45, 7) is 19.6. The van der Waals surface area contributed by atoms with Gasteiger partial charge in [-0.1, -0.05) is 0 Å². The van der Waals surface area contributed by atoms with Crippen LogP contribution in [0.1, 0.15) is 59.6 Å². The second-order valence-electron chi connectivity index (χ2n) is 20.8. The minimum atomic E-state index is -3.53. The maximum Gasteiger partial charge on any atom is 0.410 e. The summed E-state index contributed by atoms with van der Waals surface area (Å²) in [5.41, 5.74) is -0.0341. The molecule has 0 saturated carbocycles. The number of sulfone groups is 2. The average molecular weight is 1150 g/mol. The van der Waals surface area contributed by atoms with E-state index in [1.807, 2.05) is 34.6 Å². The van der Waals surface area contributed by atoms with E-state index in [-0.39, 0.29) is 81.4 Å². The SMILES string of the molecule is CC(C)OC(=O)Cl.Cc1c(Nc2ccc(S(C)(=O)=O)cc2F)ncnc1OC1C2COCC1CN(C(=O)OC(C)(C)C)C2.Cc1c(Nc2ccc(S(C)(=O)=O)cc2F)ncnc1OC1C2COCC1CN(C(=O)OC(C)C)C2. The second kappa shape index (κ2) is 25.7. The summed E-state index contributed by atoms with van der Waals surface area (Å²) in [5.74, 6) is -0.361. The molecule has 0 aliphatic carbocycles. The van der Waals surface area contributed by atoms with Gasteiger partial charge in [0.1, 0.15) is 53.7 Å². The molecule has 2 aromatic heterocycles. The van der Waals surface area contributed by atoms with E-state index in [9.17, 15) is 40.0 Å². The number of nitrogens with zero attached hydrogens (tertiary/aromatic N) is 6. The highest BCUT2D eigenvalue weighted by Crippen LogP contribution is 2.36. The van der Waals surface area contributed by atoms with Gasteiger partial charge in [0, 0.05) is 74.0 Å². The highest BCUT2D eigenvalue weighted by Gasteiger charge is 2.46. The van der Waals surface area contributed by atoms with E-state index in [1.165, 1.54) is 36.9 Å². The number of fused-ring (bicyclic) bond motifs is 4. The third kappa shape index (κ3) is 16.7. The van der Waals surface area contributed by atoms with Crippen molar-refractivity contribution in [1.82, 2.24) is 29.7 Å². The first-order chi connectivity index (χ1) is 36.5. The van der Waals surface area contributed by atoms with Gasteiger partial charge in [0.05, 0.1) is 70.9 Å². The number of aromatic nitrogens is 4. The van der Waals surface area contributed by atoms with E-state index in [1.54, 1.807) is 37.5 Å². The van der Waals surface area contributed by atoms with Gasteiger partial charge in [-0.25, -0.2) is 59.9 Å². The summed E-state index contributed by atoms with van der Waals surface area (Å²) >= 11 is 4.81. The standard InChI is InChI=1S/C24H31FN4O6S.C23H29FN4O6S.C4H7ClO2/c1-14-21(28-19-7-6-17(8-18(19)25)36(5,31)32)26-13-27-22(14)34-20-15-9-29(10-16(20)12-33-11-15)23(30)35-24(2,3)4;1-13(2)33-23(29)28-8-15-10-32-11-16(9-28)20(15)34-22-14(3)21(25-12-26-22)27-19-6-5-17(7-18(19)24)35(4,30)31;1-3(2)7-4(5)6/h6-8,13,15-16,20H,9-12H2,1-5H3,(H,26,27,28);5-7,12-13,15-16,20H,8-11H2,1-4H3,(H,25,26,27);3H,1-2H3. The zero-order valence-corrected chi connectivity index (χ0v) is 47.6. The Morgan fingerprint density at radius 2 is 1.01 bits per heavy atom. The molecule has 2 aromatic carbocycles. The number of carbonyl (C=O) groups is 3. The van der Waals surface area contributed by atoms with Crippen LogP contribution in [0.4, 0.5) is 46.2 Å². The summed E-state index contributed by atoms with van der Waals surface area (Å²) in [4.78, 5) is 54.9. The van der Waals surface area contributed by atoms with Crippen molar-refractivity contribution in [3.8, 4) is 11.8 Å². The minimum absolute atomic E-state index is 0.0611. The van der Waals surface area contributed by atoms with E-state index >= 15 is 0 Å². The highest BCUT2D eigenvalue weighted by atomic mass is 35.5. The fraction of sp³-hybridized carbons (Fsp3) is 0.549. The zero-order valence-electron chi connectivity index (χ0n) is 45.2. The second-order valence-corrected chi connectivity index (χ2v) is 25.1. The molecule has 4 aliphatic rings. The van der Waals surface area contributed by atoms with Crippen LogP contribution in [0.5, 0.6) is 11.8 Å². The van der Waals surface area contributed by atoms with Gasteiger partial charge in [-0.05, 0) is 98.7 Å². The molecule has 4 aromatic rings. The number of hydrogen-bond acceptors (Lipinski definition) is 20. The molecular formula is C51H67ClF2N8O14S2.